The van der Waals surface area contributed by atoms with E-state index < -0.39 is 5.91 Å². The minimum atomic E-state index is -0.564. The summed E-state index contributed by atoms with van der Waals surface area (Å²) in [5.74, 6) is -0.254. The lowest BCUT2D eigenvalue weighted by Crippen LogP contribution is -2.49. The lowest BCUT2D eigenvalue weighted by Gasteiger charge is -2.35. The number of fused-ring (bicyclic) bond motifs is 2. The van der Waals surface area contributed by atoms with Gasteiger partial charge in [0, 0.05) is 49.3 Å². The van der Waals surface area contributed by atoms with Gasteiger partial charge in [-0.3, -0.25) is 19.2 Å². The lowest BCUT2D eigenvalue weighted by molar-refractivity contribution is -0.143. The standard InChI is InChI=1S/C23H30N4O4/c1-2-26-13-17(6-7-20(26)28)23(31)27-12-14-8-18(11-19(27)9-14)25-22(30)16-5-3-4-15(10-16)21(24)29/h3-5,10,14,17-19H,2,6-9,11-13H2,1H3,(H2,24,29)(H,25,30). The van der Waals surface area contributed by atoms with Crippen molar-refractivity contribution in [2.45, 2.75) is 51.1 Å². The largest absolute Gasteiger partial charge is 0.366 e. The van der Waals surface area contributed by atoms with Crippen molar-refractivity contribution in [1.82, 2.24) is 15.1 Å². The molecule has 2 aliphatic heterocycles. The van der Waals surface area contributed by atoms with Gasteiger partial charge in [-0.2, -0.15) is 0 Å². The summed E-state index contributed by atoms with van der Waals surface area (Å²) in [5.41, 5.74) is 6.03. The van der Waals surface area contributed by atoms with E-state index in [4.69, 9.17) is 5.73 Å². The zero-order chi connectivity index (χ0) is 22.1. The van der Waals surface area contributed by atoms with E-state index in [9.17, 15) is 19.2 Å². The summed E-state index contributed by atoms with van der Waals surface area (Å²) in [6, 6.07) is 6.52. The number of nitrogens with two attached hydrogens (primary N) is 1. The maximum atomic E-state index is 13.2. The molecule has 1 aromatic rings. The molecule has 3 aliphatic rings. The Labute approximate surface area is 182 Å². The zero-order valence-corrected chi connectivity index (χ0v) is 17.9. The van der Waals surface area contributed by atoms with E-state index >= 15 is 0 Å². The summed E-state index contributed by atoms with van der Waals surface area (Å²) in [6.45, 7) is 3.82. The van der Waals surface area contributed by atoms with Crippen LogP contribution in [0, 0.1) is 11.8 Å². The van der Waals surface area contributed by atoms with Gasteiger partial charge in [0.05, 0.1) is 5.92 Å². The first-order chi connectivity index (χ1) is 14.9. The summed E-state index contributed by atoms with van der Waals surface area (Å²) in [4.78, 5) is 53.0. The maximum absolute atomic E-state index is 13.2. The molecule has 4 unspecified atom stereocenters. The smallest absolute Gasteiger partial charge is 0.251 e. The molecule has 2 heterocycles. The highest BCUT2D eigenvalue weighted by molar-refractivity contribution is 5.99. The summed E-state index contributed by atoms with van der Waals surface area (Å²) < 4.78 is 0. The Morgan fingerprint density at radius 2 is 1.90 bits per heavy atom. The Morgan fingerprint density at radius 3 is 2.65 bits per heavy atom. The van der Waals surface area contributed by atoms with Crippen LogP contribution in [0.3, 0.4) is 0 Å². The number of piperidine rings is 1. The van der Waals surface area contributed by atoms with Gasteiger partial charge in [0.2, 0.25) is 17.7 Å². The van der Waals surface area contributed by atoms with Crippen LogP contribution in [0.4, 0.5) is 0 Å². The van der Waals surface area contributed by atoms with Gasteiger partial charge in [-0.15, -0.1) is 0 Å². The minimum Gasteiger partial charge on any atom is -0.366 e. The van der Waals surface area contributed by atoms with E-state index in [1.54, 1.807) is 23.1 Å². The van der Waals surface area contributed by atoms with Crippen LogP contribution in [0.5, 0.6) is 0 Å². The van der Waals surface area contributed by atoms with Crippen LogP contribution in [0.15, 0.2) is 24.3 Å². The molecule has 0 radical (unpaired) electrons. The fourth-order valence-electron chi connectivity index (χ4n) is 5.36. The van der Waals surface area contributed by atoms with E-state index in [0.717, 1.165) is 25.8 Å². The Morgan fingerprint density at radius 1 is 1.13 bits per heavy atom. The quantitative estimate of drug-likeness (QED) is 0.735. The molecule has 3 N–H and O–H groups in total. The Kier molecular flexibility index (Phi) is 5.98. The molecule has 1 aromatic carbocycles. The number of nitrogens with zero attached hydrogens (tertiary/aromatic N) is 2. The van der Waals surface area contributed by atoms with Gasteiger partial charge in [-0.1, -0.05) is 6.07 Å². The molecule has 1 aliphatic carbocycles. The number of nitrogens with one attached hydrogen (secondary N) is 1. The van der Waals surface area contributed by atoms with Crippen molar-refractivity contribution in [3.8, 4) is 0 Å². The number of hydrogen-bond acceptors (Lipinski definition) is 4. The van der Waals surface area contributed by atoms with E-state index in [1.807, 2.05) is 11.8 Å². The molecule has 4 atom stereocenters. The number of likely N-dealkylation sites (tertiary alicyclic amines) is 2. The highest BCUT2D eigenvalue weighted by Gasteiger charge is 2.44. The molecule has 8 heteroatoms. The molecule has 3 fully saturated rings. The highest BCUT2D eigenvalue weighted by atomic mass is 16.2. The fourth-order valence-corrected chi connectivity index (χ4v) is 5.36. The first kappa shape index (κ1) is 21.3. The summed E-state index contributed by atoms with van der Waals surface area (Å²) in [6.07, 6.45) is 3.60. The number of amides is 4. The van der Waals surface area contributed by atoms with Crippen molar-refractivity contribution < 1.29 is 19.2 Å². The normalized spacial score (nSPS) is 27.8. The van der Waals surface area contributed by atoms with E-state index in [0.29, 0.717) is 43.0 Å². The van der Waals surface area contributed by atoms with Crippen LogP contribution in [0.1, 0.15) is 59.7 Å². The molecule has 4 rings (SSSR count). The van der Waals surface area contributed by atoms with Crippen LogP contribution in [-0.4, -0.2) is 65.1 Å². The third-order valence-corrected chi connectivity index (χ3v) is 6.93. The maximum Gasteiger partial charge on any atom is 0.251 e. The molecule has 0 aromatic heterocycles. The molecule has 8 nitrogen and oxygen atoms in total. The third kappa shape index (κ3) is 4.43. The molecular formula is C23H30N4O4. The third-order valence-electron chi connectivity index (χ3n) is 6.93. The molecule has 31 heavy (non-hydrogen) atoms. The second kappa shape index (κ2) is 8.69. The van der Waals surface area contributed by atoms with Crippen molar-refractivity contribution in [3.05, 3.63) is 35.4 Å². The molecule has 2 saturated heterocycles. The van der Waals surface area contributed by atoms with Crippen molar-refractivity contribution in [3.63, 3.8) is 0 Å². The predicted molar refractivity (Wildman–Crippen MR) is 114 cm³/mol. The molecule has 0 spiro atoms. The van der Waals surface area contributed by atoms with Gasteiger partial charge in [-0.05, 0) is 56.7 Å². The van der Waals surface area contributed by atoms with E-state index in [1.165, 1.54) is 6.07 Å². The van der Waals surface area contributed by atoms with E-state index in [-0.39, 0.29) is 35.7 Å². The van der Waals surface area contributed by atoms with Gasteiger partial charge in [-0.25, -0.2) is 0 Å². The van der Waals surface area contributed by atoms with Crippen LogP contribution >= 0.6 is 0 Å². The summed E-state index contributed by atoms with van der Waals surface area (Å²) in [7, 11) is 0. The average molecular weight is 427 g/mol. The predicted octanol–water partition coefficient (Wildman–Crippen LogP) is 1.15. The van der Waals surface area contributed by atoms with Crippen molar-refractivity contribution in [1.29, 1.82) is 0 Å². The van der Waals surface area contributed by atoms with Gasteiger partial charge in [0.15, 0.2) is 0 Å². The number of primary amides is 1. The average Bonchev–Trinajstić information content (AvgIpc) is 3.07. The number of carbonyl (C=O) groups is 4. The fraction of sp³-hybridized carbons (Fsp3) is 0.565. The summed E-state index contributed by atoms with van der Waals surface area (Å²) >= 11 is 0. The second-order valence-electron chi connectivity index (χ2n) is 9.00. The number of rotatable bonds is 5. The van der Waals surface area contributed by atoms with Crippen molar-refractivity contribution >= 4 is 23.6 Å². The molecule has 1 saturated carbocycles. The highest BCUT2D eigenvalue weighted by Crippen LogP contribution is 2.37. The van der Waals surface area contributed by atoms with Crippen LogP contribution < -0.4 is 11.1 Å². The monoisotopic (exact) mass is 426 g/mol. The number of hydrogen-bond donors (Lipinski definition) is 2. The van der Waals surface area contributed by atoms with Crippen LogP contribution in [-0.2, 0) is 9.59 Å². The van der Waals surface area contributed by atoms with Crippen LogP contribution in [0.2, 0.25) is 0 Å². The lowest BCUT2D eigenvalue weighted by atomic mass is 9.86. The first-order valence-corrected chi connectivity index (χ1v) is 11.1. The Bertz CT molecular complexity index is 901. The number of carbonyl (C=O) groups excluding carboxylic acids is 4. The van der Waals surface area contributed by atoms with E-state index in [2.05, 4.69) is 5.32 Å². The van der Waals surface area contributed by atoms with Gasteiger partial charge >= 0.3 is 0 Å². The minimum absolute atomic E-state index is 0.00800. The van der Waals surface area contributed by atoms with Crippen molar-refractivity contribution in [2.75, 3.05) is 19.6 Å². The molecule has 4 amide bonds. The number of benzene rings is 1. The Hall–Kier alpha value is -2.90. The van der Waals surface area contributed by atoms with Gasteiger partial charge in [0.25, 0.3) is 5.91 Å². The zero-order valence-electron chi connectivity index (χ0n) is 17.9. The molecule has 166 valence electrons. The first-order valence-electron chi connectivity index (χ1n) is 11.1. The molecule has 2 bridgehead atoms. The summed E-state index contributed by atoms with van der Waals surface area (Å²) in [5, 5.41) is 3.08. The van der Waals surface area contributed by atoms with Crippen LogP contribution in [0.25, 0.3) is 0 Å². The van der Waals surface area contributed by atoms with Crippen molar-refractivity contribution in [2.24, 2.45) is 17.6 Å². The SMILES string of the molecule is CCN1CC(C(=O)N2CC3CC(NC(=O)c4cccc(C(N)=O)c4)CC2C3)CCC1=O. The van der Waals surface area contributed by atoms with Gasteiger partial charge in [0.1, 0.15) is 0 Å². The topological polar surface area (TPSA) is 113 Å². The Balaban J connectivity index is 1.37. The van der Waals surface area contributed by atoms with Gasteiger partial charge < -0.3 is 20.9 Å². The molecular weight excluding hydrogens is 396 g/mol. The second-order valence-corrected chi connectivity index (χ2v) is 9.00.